The summed E-state index contributed by atoms with van der Waals surface area (Å²) in [6.07, 6.45) is 6.35. The Labute approximate surface area is 111 Å². The van der Waals surface area contributed by atoms with Gasteiger partial charge in [-0.15, -0.1) is 0 Å². The minimum atomic E-state index is 0.180. The first-order chi connectivity index (χ1) is 8.23. The van der Waals surface area contributed by atoms with E-state index in [4.69, 9.17) is 0 Å². The zero-order valence-electron chi connectivity index (χ0n) is 12.4. The van der Waals surface area contributed by atoms with E-state index in [1.54, 1.807) is 0 Å². The van der Waals surface area contributed by atoms with E-state index in [9.17, 15) is 0 Å². The normalized spacial score (nSPS) is 21.4. The van der Waals surface area contributed by atoms with Gasteiger partial charge >= 0.3 is 0 Å². The highest BCUT2D eigenvalue weighted by atomic mass is 15.0. The summed E-state index contributed by atoms with van der Waals surface area (Å²) >= 11 is 0. The minimum Gasteiger partial charge on any atom is -0.311 e. The van der Waals surface area contributed by atoms with Crippen LogP contribution in [0.3, 0.4) is 0 Å². The minimum absolute atomic E-state index is 0.180. The molecule has 100 valence electrons. The lowest BCUT2D eigenvalue weighted by atomic mass is 9.52. The van der Waals surface area contributed by atoms with E-state index in [2.05, 4.69) is 57.1 Å². The van der Waals surface area contributed by atoms with Gasteiger partial charge in [0.05, 0.1) is 0 Å². The highest BCUT2D eigenvalue weighted by Crippen LogP contribution is 2.55. The van der Waals surface area contributed by atoms with Crippen LogP contribution in [-0.4, -0.2) is 17.1 Å². The molecular weight excluding hydrogens is 220 g/mol. The number of rotatable bonds is 3. The molecule has 2 nitrogen and oxygen atoms in total. The molecule has 1 saturated carbocycles. The summed E-state index contributed by atoms with van der Waals surface area (Å²) in [6.45, 7) is 12.5. The van der Waals surface area contributed by atoms with Crippen molar-refractivity contribution in [2.24, 2.45) is 5.41 Å². The maximum Gasteiger partial charge on any atom is 0.0270 e. The summed E-state index contributed by atoms with van der Waals surface area (Å²) in [5, 5.41) is 3.68. The van der Waals surface area contributed by atoms with Crippen LogP contribution in [0.15, 0.2) is 24.5 Å². The molecular formula is C16H26N2. The molecule has 0 amide bonds. The quantitative estimate of drug-likeness (QED) is 0.882. The second kappa shape index (κ2) is 4.34. The van der Waals surface area contributed by atoms with Gasteiger partial charge < -0.3 is 5.32 Å². The Morgan fingerprint density at radius 2 is 1.72 bits per heavy atom. The van der Waals surface area contributed by atoms with Crippen LogP contribution < -0.4 is 5.32 Å². The van der Waals surface area contributed by atoms with Crippen LogP contribution in [-0.2, 0) is 5.41 Å². The fraction of sp³-hybridized carbons (Fsp3) is 0.688. The predicted octanol–water partition coefficient (Wildman–Crippen LogP) is 3.53. The fourth-order valence-corrected chi connectivity index (χ4v) is 3.35. The number of nitrogens with zero attached hydrogens (tertiary/aromatic N) is 1. The van der Waals surface area contributed by atoms with E-state index in [-0.39, 0.29) is 5.54 Å². The molecule has 0 atom stereocenters. The summed E-state index contributed by atoms with van der Waals surface area (Å²) in [5.41, 5.74) is 2.40. The van der Waals surface area contributed by atoms with Crippen molar-refractivity contribution in [1.82, 2.24) is 10.3 Å². The molecule has 0 aliphatic heterocycles. The van der Waals surface area contributed by atoms with Crippen molar-refractivity contribution in [1.29, 1.82) is 0 Å². The Kier molecular flexibility index (Phi) is 3.26. The van der Waals surface area contributed by atoms with E-state index >= 15 is 0 Å². The number of aromatic nitrogens is 1. The molecule has 1 aromatic rings. The number of hydrogen-bond acceptors (Lipinski definition) is 2. The van der Waals surface area contributed by atoms with Gasteiger partial charge in [-0.05, 0) is 56.7 Å². The monoisotopic (exact) mass is 246 g/mol. The summed E-state index contributed by atoms with van der Waals surface area (Å²) in [5.74, 6) is 0. The lowest BCUT2D eigenvalue weighted by Gasteiger charge is -2.54. The zero-order valence-corrected chi connectivity index (χ0v) is 12.4. The lowest BCUT2D eigenvalue weighted by molar-refractivity contribution is 0.0512. The Hall–Kier alpha value is -0.890. The van der Waals surface area contributed by atoms with Crippen molar-refractivity contribution in [3.63, 3.8) is 0 Å². The van der Waals surface area contributed by atoms with E-state index in [1.165, 1.54) is 18.4 Å². The van der Waals surface area contributed by atoms with Crippen molar-refractivity contribution in [3.05, 3.63) is 30.1 Å². The van der Waals surface area contributed by atoms with Gasteiger partial charge in [0, 0.05) is 29.9 Å². The van der Waals surface area contributed by atoms with Gasteiger partial charge in [-0.2, -0.15) is 0 Å². The third-order valence-electron chi connectivity index (χ3n) is 3.88. The van der Waals surface area contributed by atoms with Crippen LogP contribution >= 0.6 is 0 Å². The Morgan fingerprint density at radius 1 is 1.17 bits per heavy atom. The Bertz CT molecular complexity index is 393. The first-order valence-electron chi connectivity index (χ1n) is 6.88. The van der Waals surface area contributed by atoms with Gasteiger partial charge in [-0.1, -0.05) is 13.8 Å². The summed E-state index contributed by atoms with van der Waals surface area (Å²) in [7, 11) is 0. The molecule has 0 aromatic carbocycles. The van der Waals surface area contributed by atoms with Gasteiger partial charge in [0.25, 0.3) is 0 Å². The molecule has 1 aliphatic rings. The van der Waals surface area contributed by atoms with Gasteiger partial charge in [0.15, 0.2) is 0 Å². The highest BCUT2D eigenvalue weighted by Gasteiger charge is 2.50. The fourth-order valence-electron chi connectivity index (χ4n) is 3.35. The van der Waals surface area contributed by atoms with Crippen molar-refractivity contribution < 1.29 is 0 Å². The third-order valence-corrected chi connectivity index (χ3v) is 3.88. The lowest BCUT2D eigenvalue weighted by Crippen LogP contribution is -2.55. The molecule has 0 radical (unpaired) electrons. The van der Waals surface area contributed by atoms with Crippen LogP contribution in [0.25, 0.3) is 0 Å². The zero-order chi connectivity index (χ0) is 13.4. The number of nitrogens with one attached hydrogen (secondary N) is 1. The molecule has 1 heterocycles. The van der Waals surface area contributed by atoms with Gasteiger partial charge in [-0.3, -0.25) is 4.98 Å². The molecule has 0 bridgehead atoms. The third kappa shape index (κ3) is 2.92. The van der Waals surface area contributed by atoms with Crippen LogP contribution in [0.2, 0.25) is 0 Å². The SMILES string of the molecule is CC1(C)CC(CNC(C)(C)C)(c2ccncc2)C1. The molecule has 1 fully saturated rings. The largest absolute Gasteiger partial charge is 0.311 e. The van der Waals surface area contributed by atoms with Crippen molar-refractivity contribution in [3.8, 4) is 0 Å². The van der Waals surface area contributed by atoms with Crippen LogP contribution in [0.4, 0.5) is 0 Å². The van der Waals surface area contributed by atoms with E-state index < -0.39 is 0 Å². The molecule has 1 aromatic heterocycles. The van der Waals surface area contributed by atoms with Crippen molar-refractivity contribution in [2.45, 2.75) is 58.4 Å². The number of hydrogen-bond donors (Lipinski definition) is 1. The maximum atomic E-state index is 4.14. The smallest absolute Gasteiger partial charge is 0.0270 e. The van der Waals surface area contributed by atoms with E-state index in [1.807, 2.05) is 12.4 Å². The summed E-state index contributed by atoms with van der Waals surface area (Å²) in [4.78, 5) is 4.14. The first-order valence-corrected chi connectivity index (χ1v) is 6.88. The van der Waals surface area contributed by atoms with Gasteiger partial charge in [-0.25, -0.2) is 0 Å². The second-order valence-electron chi connectivity index (χ2n) is 7.64. The molecule has 0 spiro atoms. The molecule has 0 saturated heterocycles. The number of pyridine rings is 1. The van der Waals surface area contributed by atoms with Crippen LogP contribution in [0, 0.1) is 5.41 Å². The van der Waals surface area contributed by atoms with Crippen LogP contribution in [0.5, 0.6) is 0 Å². The predicted molar refractivity (Wildman–Crippen MR) is 76.7 cm³/mol. The Morgan fingerprint density at radius 3 is 2.17 bits per heavy atom. The summed E-state index contributed by atoms with van der Waals surface area (Å²) in [6, 6.07) is 4.36. The highest BCUT2D eigenvalue weighted by molar-refractivity contribution is 5.29. The van der Waals surface area contributed by atoms with E-state index in [0.29, 0.717) is 10.8 Å². The molecule has 0 unspecified atom stereocenters. The van der Waals surface area contributed by atoms with E-state index in [0.717, 1.165) is 6.54 Å². The first kappa shape index (κ1) is 13.5. The molecule has 2 heteroatoms. The summed E-state index contributed by atoms with van der Waals surface area (Å²) < 4.78 is 0. The van der Waals surface area contributed by atoms with Crippen LogP contribution in [0.1, 0.15) is 53.0 Å². The maximum absolute atomic E-state index is 4.14. The van der Waals surface area contributed by atoms with Gasteiger partial charge in [0.1, 0.15) is 0 Å². The Balaban J connectivity index is 2.16. The molecule has 1 aliphatic carbocycles. The van der Waals surface area contributed by atoms with Crippen molar-refractivity contribution in [2.75, 3.05) is 6.54 Å². The topological polar surface area (TPSA) is 24.9 Å². The average Bonchev–Trinajstić information content (AvgIpc) is 2.23. The molecule has 1 N–H and O–H groups in total. The average molecular weight is 246 g/mol. The second-order valence-corrected chi connectivity index (χ2v) is 7.64. The molecule has 2 rings (SSSR count). The van der Waals surface area contributed by atoms with Crippen molar-refractivity contribution >= 4 is 0 Å². The standard InChI is InChI=1S/C16H26N2/c1-14(2,3)18-12-16(10-15(4,5)11-16)13-6-8-17-9-7-13/h6-9,18H,10-12H2,1-5H3. The molecule has 18 heavy (non-hydrogen) atoms. The van der Waals surface area contributed by atoms with Gasteiger partial charge in [0.2, 0.25) is 0 Å².